The largest absolute Gasteiger partial charge is 0.416 e. The van der Waals surface area contributed by atoms with Crippen molar-refractivity contribution in [2.24, 2.45) is 7.05 Å². The zero-order chi connectivity index (χ0) is 22.8. The third-order valence-corrected chi connectivity index (χ3v) is 5.44. The van der Waals surface area contributed by atoms with Crippen LogP contribution in [0.2, 0.25) is 5.02 Å². The lowest BCUT2D eigenvalue weighted by Crippen LogP contribution is -2.15. The zero-order valence-corrected chi connectivity index (χ0v) is 17.0. The van der Waals surface area contributed by atoms with Crippen LogP contribution in [0.5, 0.6) is 0 Å². The number of aromatic amines is 1. The molecular weight excluding hydrogens is 450 g/mol. The van der Waals surface area contributed by atoms with Crippen LogP contribution >= 0.6 is 11.6 Å². The van der Waals surface area contributed by atoms with E-state index in [1.165, 1.54) is 35.1 Å². The smallest absolute Gasteiger partial charge is 0.289 e. The standard InChI is InChI=1S/C21H12ClF4N5O/c1-30-19-13(9-27-30)18-16(17(28-19)10-3-2-4-11(7-10)21(24,25)26)20(32)31(29-18)12-5-6-15(23)14(22)8-12/h2-9,29H,1H3. The third-order valence-electron chi connectivity index (χ3n) is 5.15. The molecule has 0 spiro atoms. The number of halogens is 5. The van der Waals surface area contributed by atoms with Gasteiger partial charge < -0.3 is 0 Å². The summed E-state index contributed by atoms with van der Waals surface area (Å²) in [4.78, 5) is 17.8. The summed E-state index contributed by atoms with van der Waals surface area (Å²) in [6.45, 7) is 0. The summed E-state index contributed by atoms with van der Waals surface area (Å²) in [5.41, 5.74) is -0.297. The maximum Gasteiger partial charge on any atom is 0.416 e. The Balaban J connectivity index is 1.87. The van der Waals surface area contributed by atoms with Crippen LogP contribution in [0.4, 0.5) is 17.6 Å². The number of fused-ring (bicyclic) bond motifs is 3. The Kier molecular flexibility index (Phi) is 4.38. The average Bonchev–Trinajstić information content (AvgIpc) is 3.29. The van der Waals surface area contributed by atoms with Crippen molar-refractivity contribution >= 4 is 33.5 Å². The van der Waals surface area contributed by atoms with Gasteiger partial charge in [0, 0.05) is 12.6 Å². The molecule has 0 amide bonds. The molecule has 0 bridgehead atoms. The monoisotopic (exact) mass is 461 g/mol. The van der Waals surface area contributed by atoms with Crippen LogP contribution in [0.15, 0.2) is 53.5 Å². The van der Waals surface area contributed by atoms with Crippen molar-refractivity contribution < 1.29 is 17.6 Å². The highest BCUT2D eigenvalue weighted by Crippen LogP contribution is 2.35. The van der Waals surface area contributed by atoms with Crippen molar-refractivity contribution in [1.29, 1.82) is 0 Å². The molecule has 32 heavy (non-hydrogen) atoms. The Morgan fingerprint density at radius 1 is 1.12 bits per heavy atom. The molecule has 0 unspecified atom stereocenters. The van der Waals surface area contributed by atoms with E-state index in [2.05, 4.69) is 15.2 Å². The number of hydrogen-bond acceptors (Lipinski definition) is 3. The predicted molar refractivity (Wildman–Crippen MR) is 111 cm³/mol. The first-order valence-electron chi connectivity index (χ1n) is 9.24. The molecule has 0 aliphatic rings. The van der Waals surface area contributed by atoms with E-state index in [4.69, 9.17) is 11.6 Å². The number of nitrogens with one attached hydrogen (secondary N) is 1. The van der Waals surface area contributed by atoms with Gasteiger partial charge in [-0.15, -0.1) is 0 Å². The maximum absolute atomic E-state index is 13.6. The summed E-state index contributed by atoms with van der Waals surface area (Å²) in [6.07, 6.45) is -3.06. The number of aryl methyl sites for hydroxylation is 1. The molecule has 0 atom stereocenters. The highest BCUT2D eigenvalue weighted by atomic mass is 35.5. The molecule has 0 aliphatic carbocycles. The van der Waals surface area contributed by atoms with E-state index in [9.17, 15) is 22.4 Å². The Labute approximate surface area is 181 Å². The lowest BCUT2D eigenvalue weighted by atomic mass is 10.0. The van der Waals surface area contributed by atoms with Crippen molar-refractivity contribution in [3.05, 3.63) is 75.4 Å². The van der Waals surface area contributed by atoms with Gasteiger partial charge in [-0.25, -0.2) is 14.1 Å². The molecule has 6 nitrogen and oxygen atoms in total. The van der Waals surface area contributed by atoms with Crippen LogP contribution in [0.3, 0.4) is 0 Å². The number of hydrogen-bond donors (Lipinski definition) is 1. The minimum atomic E-state index is -4.56. The second-order valence-corrected chi connectivity index (χ2v) is 7.55. The number of rotatable bonds is 2. The number of alkyl halides is 3. The van der Waals surface area contributed by atoms with Gasteiger partial charge in [-0.1, -0.05) is 23.7 Å². The summed E-state index contributed by atoms with van der Waals surface area (Å²) in [5.74, 6) is -0.652. The average molecular weight is 462 g/mol. The van der Waals surface area contributed by atoms with Gasteiger partial charge in [-0.05, 0) is 30.3 Å². The fourth-order valence-corrected chi connectivity index (χ4v) is 3.79. The van der Waals surface area contributed by atoms with Gasteiger partial charge in [0.1, 0.15) is 5.82 Å². The molecule has 2 aromatic carbocycles. The Hall–Kier alpha value is -3.66. The van der Waals surface area contributed by atoms with Crippen LogP contribution in [0, 0.1) is 5.82 Å². The molecule has 11 heteroatoms. The van der Waals surface area contributed by atoms with Crippen molar-refractivity contribution in [3.63, 3.8) is 0 Å². The SMILES string of the molecule is Cn1ncc2c3[nH]n(-c4ccc(F)c(Cl)c4)c(=O)c3c(-c3cccc(C(F)(F)F)c3)nc21. The van der Waals surface area contributed by atoms with Gasteiger partial charge in [0.15, 0.2) is 5.65 Å². The second-order valence-electron chi connectivity index (χ2n) is 7.15. The highest BCUT2D eigenvalue weighted by Gasteiger charge is 2.31. The van der Waals surface area contributed by atoms with Crippen LogP contribution in [0.1, 0.15) is 5.56 Å². The fourth-order valence-electron chi connectivity index (χ4n) is 3.61. The number of benzene rings is 2. The first kappa shape index (κ1) is 20.3. The van der Waals surface area contributed by atoms with Gasteiger partial charge in [0.05, 0.1) is 44.5 Å². The Morgan fingerprint density at radius 2 is 1.91 bits per heavy atom. The lowest BCUT2D eigenvalue weighted by Gasteiger charge is -2.09. The normalized spacial score (nSPS) is 12.2. The van der Waals surface area contributed by atoms with Crippen LogP contribution in [-0.2, 0) is 13.2 Å². The molecule has 5 rings (SSSR count). The number of pyridine rings is 1. The molecule has 0 fully saturated rings. The van der Waals surface area contributed by atoms with E-state index < -0.39 is 23.1 Å². The number of aromatic nitrogens is 5. The molecule has 162 valence electrons. The fraction of sp³-hybridized carbons (Fsp3) is 0.0952. The maximum atomic E-state index is 13.6. The molecule has 0 aliphatic heterocycles. The van der Waals surface area contributed by atoms with E-state index in [1.54, 1.807) is 7.05 Å². The van der Waals surface area contributed by atoms with Gasteiger partial charge in [-0.2, -0.15) is 18.3 Å². The first-order valence-corrected chi connectivity index (χ1v) is 9.62. The van der Waals surface area contributed by atoms with E-state index in [-0.39, 0.29) is 27.4 Å². The van der Waals surface area contributed by atoms with Gasteiger partial charge in [0.25, 0.3) is 5.56 Å². The molecule has 5 aromatic rings. The van der Waals surface area contributed by atoms with Crippen LogP contribution in [0.25, 0.3) is 38.9 Å². The predicted octanol–water partition coefficient (Wildman–Crippen LogP) is 5.08. The molecule has 3 heterocycles. The van der Waals surface area contributed by atoms with E-state index >= 15 is 0 Å². The van der Waals surface area contributed by atoms with Crippen LogP contribution < -0.4 is 5.56 Å². The Morgan fingerprint density at radius 3 is 2.62 bits per heavy atom. The Bertz CT molecular complexity index is 1580. The lowest BCUT2D eigenvalue weighted by molar-refractivity contribution is -0.137. The zero-order valence-electron chi connectivity index (χ0n) is 16.2. The van der Waals surface area contributed by atoms with Crippen molar-refractivity contribution in [1.82, 2.24) is 24.5 Å². The third kappa shape index (κ3) is 3.06. The van der Waals surface area contributed by atoms with Crippen molar-refractivity contribution in [2.75, 3.05) is 0 Å². The summed E-state index contributed by atoms with van der Waals surface area (Å²) in [6, 6.07) is 8.33. The van der Waals surface area contributed by atoms with Gasteiger partial charge >= 0.3 is 6.18 Å². The van der Waals surface area contributed by atoms with Crippen molar-refractivity contribution in [2.45, 2.75) is 6.18 Å². The second kappa shape index (κ2) is 6.92. The van der Waals surface area contributed by atoms with E-state index in [0.29, 0.717) is 16.6 Å². The minimum Gasteiger partial charge on any atom is -0.289 e. The number of H-pyrrole nitrogens is 1. The van der Waals surface area contributed by atoms with Crippen LogP contribution in [-0.4, -0.2) is 24.5 Å². The first-order chi connectivity index (χ1) is 15.1. The molecule has 0 saturated carbocycles. The quantitative estimate of drug-likeness (QED) is 0.373. The minimum absolute atomic E-state index is 0.0652. The molecule has 3 aromatic heterocycles. The summed E-state index contributed by atoms with van der Waals surface area (Å²) >= 11 is 5.86. The summed E-state index contributed by atoms with van der Waals surface area (Å²) in [7, 11) is 1.63. The topological polar surface area (TPSA) is 68.5 Å². The summed E-state index contributed by atoms with van der Waals surface area (Å²) < 4.78 is 56.1. The molecular formula is C21H12ClF4N5O. The van der Waals surface area contributed by atoms with Crippen molar-refractivity contribution in [3.8, 4) is 16.9 Å². The molecule has 1 N–H and O–H groups in total. The number of nitrogens with zero attached hydrogens (tertiary/aromatic N) is 4. The molecule has 0 saturated heterocycles. The van der Waals surface area contributed by atoms with Gasteiger partial charge in [0.2, 0.25) is 0 Å². The highest BCUT2D eigenvalue weighted by molar-refractivity contribution is 6.30. The van der Waals surface area contributed by atoms with Gasteiger partial charge in [-0.3, -0.25) is 14.6 Å². The van der Waals surface area contributed by atoms with E-state index in [0.717, 1.165) is 22.9 Å². The molecule has 0 radical (unpaired) electrons. The van der Waals surface area contributed by atoms with E-state index in [1.807, 2.05) is 0 Å². The summed E-state index contributed by atoms with van der Waals surface area (Å²) in [5, 5.41) is 7.48.